The molecule has 0 aliphatic rings. The van der Waals surface area contributed by atoms with Crippen molar-refractivity contribution in [1.82, 2.24) is 0 Å². The highest BCUT2D eigenvalue weighted by Crippen LogP contribution is 2.29. The van der Waals surface area contributed by atoms with Crippen LogP contribution in [0.3, 0.4) is 0 Å². The summed E-state index contributed by atoms with van der Waals surface area (Å²) in [6.45, 7) is 5.53. The minimum absolute atomic E-state index is 0. The molecule has 3 nitrogen and oxygen atoms in total. The Morgan fingerprint density at radius 2 is 1.30 bits per heavy atom. The number of quaternary nitrogens is 1. The number of ether oxygens (including phenoxy) is 1. The van der Waals surface area contributed by atoms with Gasteiger partial charge in [0, 0.05) is 0 Å². The fraction of sp³-hybridized carbons (Fsp3) is 0.586. The minimum Gasteiger partial charge on any atom is -1.00 e. The highest BCUT2D eigenvalue weighted by Gasteiger charge is 2.31. The highest BCUT2D eigenvalue weighted by atomic mass is 35.5. The Balaban J connectivity index is 0.00000544. The van der Waals surface area contributed by atoms with Gasteiger partial charge < -0.3 is 26.7 Å². The highest BCUT2D eigenvalue weighted by molar-refractivity contribution is 5.34. The van der Waals surface area contributed by atoms with Gasteiger partial charge in [0.1, 0.15) is 23.6 Å². The molecule has 1 N–H and O–H groups in total. The van der Waals surface area contributed by atoms with Gasteiger partial charge in [-0.25, -0.2) is 0 Å². The molecule has 186 valence electrons. The molecule has 0 heterocycles. The summed E-state index contributed by atoms with van der Waals surface area (Å²) in [6.07, 6.45) is 13.0. The molecule has 2 atom stereocenters. The maximum Gasteiger partial charge on any atom is 0.131 e. The summed E-state index contributed by atoms with van der Waals surface area (Å²) in [5, 5.41) is 11.1. The Kier molecular flexibility index (Phi) is 14.4. The quantitative estimate of drug-likeness (QED) is 0.276. The standard InChI is InChI=1S/C29H46NO2.ClH/c1-5-6-7-8-9-10-11-12-13-17-23-30(3,4)25(2)29(31)26-19-18-22-28(24-26)32-27-20-15-14-16-21-27;/h14-16,18-22,24-25,29,31H,5-13,17,23H2,1-4H3;1H/q+1;/p-1. The third-order valence-electron chi connectivity index (χ3n) is 6.83. The van der Waals surface area contributed by atoms with Gasteiger partial charge in [0.15, 0.2) is 0 Å². The lowest BCUT2D eigenvalue weighted by Gasteiger charge is -2.39. The fourth-order valence-corrected chi connectivity index (χ4v) is 4.26. The molecule has 2 rings (SSSR count). The number of aliphatic hydroxyl groups is 1. The number of hydrogen-bond donors (Lipinski definition) is 1. The van der Waals surface area contributed by atoms with Crippen LogP contribution in [0.1, 0.15) is 89.7 Å². The predicted octanol–water partition coefficient (Wildman–Crippen LogP) is 4.90. The van der Waals surface area contributed by atoms with Crippen molar-refractivity contribution in [2.75, 3.05) is 20.6 Å². The van der Waals surface area contributed by atoms with Crippen molar-refractivity contribution in [2.45, 2.75) is 90.2 Å². The van der Waals surface area contributed by atoms with E-state index in [-0.39, 0.29) is 18.4 Å². The molecule has 2 unspecified atom stereocenters. The van der Waals surface area contributed by atoms with Crippen LogP contribution in [0.2, 0.25) is 0 Å². The summed E-state index contributed by atoms with van der Waals surface area (Å²) in [4.78, 5) is 0. The Labute approximate surface area is 209 Å². The van der Waals surface area contributed by atoms with Crippen molar-refractivity contribution in [3.8, 4) is 11.5 Å². The lowest BCUT2D eigenvalue weighted by Crippen LogP contribution is -3.00. The first kappa shape index (κ1) is 29.5. The zero-order valence-corrected chi connectivity index (χ0v) is 22.1. The van der Waals surface area contributed by atoms with E-state index < -0.39 is 6.10 Å². The molecular weight excluding hydrogens is 430 g/mol. The second kappa shape index (κ2) is 16.1. The third kappa shape index (κ3) is 10.9. The van der Waals surface area contributed by atoms with Gasteiger partial charge in [-0.2, -0.15) is 0 Å². The summed E-state index contributed by atoms with van der Waals surface area (Å²) >= 11 is 0. The van der Waals surface area contributed by atoms with Crippen LogP contribution in [0.4, 0.5) is 0 Å². The largest absolute Gasteiger partial charge is 1.00 e. The third-order valence-corrected chi connectivity index (χ3v) is 6.83. The van der Waals surface area contributed by atoms with E-state index in [2.05, 4.69) is 27.9 Å². The van der Waals surface area contributed by atoms with Gasteiger partial charge in [-0.15, -0.1) is 0 Å². The van der Waals surface area contributed by atoms with E-state index in [1.165, 1.54) is 64.2 Å². The number of unbranched alkanes of at least 4 members (excludes halogenated alkanes) is 9. The molecule has 0 saturated carbocycles. The van der Waals surface area contributed by atoms with Crippen molar-refractivity contribution >= 4 is 0 Å². The minimum atomic E-state index is -0.521. The van der Waals surface area contributed by atoms with E-state index >= 15 is 0 Å². The summed E-state index contributed by atoms with van der Waals surface area (Å²) in [5.74, 6) is 1.57. The van der Waals surface area contributed by atoms with Gasteiger partial charge in [-0.1, -0.05) is 88.6 Å². The van der Waals surface area contributed by atoms with Gasteiger partial charge in [0.05, 0.1) is 20.6 Å². The van der Waals surface area contributed by atoms with Crippen LogP contribution < -0.4 is 17.1 Å². The molecule has 0 aliphatic carbocycles. The van der Waals surface area contributed by atoms with Crippen molar-refractivity contribution in [1.29, 1.82) is 0 Å². The molecular formula is C29H46ClNO2. The maximum absolute atomic E-state index is 11.1. The number of halogens is 1. The number of aliphatic hydroxyl groups excluding tert-OH is 1. The fourth-order valence-electron chi connectivity index (χ4n) is 4.26. The molecule has 2 aromatic rings. The SMILES string of the molecule is CCCCCCCCCCCC[N+](C)(C)C(C)C(O)c1cccc(Oc2ccccc2)c1.[Cl-]. The normalized spacial score (nSPS) is 13.2. The molecule has 0 spiro atoms. The van der Waals surface area contributed by atoms with E-state index in [9.17, 15) is 5.11 Å². The van der Waals surface area contributed by atoms with Crippen molar-refractivity contribution in [2.24, 2.45) is 0 Å². The summed E-state index contributed by atoms with van der Waals surface area (Å²) in [5.41, 5.74) is 0.917. The van der Waals surface area contributed by atoms with Gasteiger partial charge in [-0.05, 0) is 49.6 Å². The van der Waals surface area contributed by atoms with Crippen molar-refractivity contribution < 1.29 is 26.7 Å². The van der Waals surface area contributed by atoms with Gasteiger partial charge in [0.25, 0.3) is 0 Å². The van der Waals surface area contributed by atoms with E-state index in [1.807, 2.05) is 54.6 Å². The maximum atomic E-state index is 11.1. The first-order valence-corrected chi connectivity index (χ1v) is 12.8. The first-order chi connectivity index (χ1) is 15.4. The van der Waals surface area contributed by atoms with Gasteiger partial charge in [0.2, 0.25) is 0 Å². The van der Waals surface area contributed by atoms with E-state index in [1.54, 1.807) is 0 Å². The first-order valence-electron chi connectivity index (χ1n) is 12.8. The number of benzene rings is 2. The Bertz CT molecular complexity index is 750. The number of nitrogens with zero attached hydrogens (tertiary/aromatic N) is 1. The Morgan fingerprint density at radius 3 is 1.91 bits per heavy atom. The number of rotatable bonds is 16. The summed E-state index contributed by atoms with van der Waals surface area (Å²) in [6, 6.07) is 17.8. The van der Waals surface area contributed by atoms with Crippen LogP contribution in [0.5, 0.6) is 11.5 Å². The molecule has 33 heavy (non-hydrogen) atoms. The summed E-state index contributed by atoms with van der Waals surface area (Å²) in [7, 11) is 4.48. The van der Waals surface area contributed by atoms with Crippen LogP contribution in [0.15, 0.2) is 54.6 Å². The van der Waals surface area contributed by atoms with Crippen molar-refractivity contribution in [3.05, 3.63) is 60.2 Å². The Hall–Kier alpha value is -1.55. The molecule has 0 aromatic heterocycles. The van der Waals surface area contributed by atoms with Crippen LogP contribution in [-0.4, -0.2) is 36.3 Å². The molecule has 0 fully saturated rings. The number of para-hydroxylation sites is 1. The number of likely N-dealkylation sites (N-methyl/N-ethyl adjacent to an activating group) is 1. The molecule has 0 aliphatic heterocycles. The van der Waals surface area contributed by atoms with Crippen LogP contribution in [0, 0.1) is 0 Å². The summed E-state index contributed by atoms with van der Waals surface area (Å²) < 4.78 is 6.78. The van der Waals surface area contributed by atoms with Crippen LogP contribution in [0.25, 0.3) is 0 Å². The Morgan fingerprint density at radius 1 is 0.758 bits per heavy atom. The van der Waals surface area contributed by atoms with E-state index in [4.69, 9.17) is 4.74 Å². The smallest absolute Gasteiger partial charge is 0.131 e. The predicted molar refractivity (Wildman–Crippen MR) is 136 cm³/mol. The average Bonchev–Trinajstić information content (AvgIpc) is 2.80. The molecule has 4 heteroatoms. The molecule has 0 saturated heterocycles. The molecule has 2 aromatic carbocycles. The molecule has 0 radical (unpaired) electrons. The second-order valence-electron chi connectivity index (χ2n) is 9.86. The molecule has 0 bridgehead atoms. The van der Waals surface area contributed by atoms with Gasteiger partial charge >= 0.3 is 0 Å². The lowest BCUT2D eigenvalue weighted by molar-refractivity contribution is -0.917. The van der Waals surface area contributed by atoms with Gasteiger partial charge in [-0.3, -0.25) is 0 Å². The average molecular weight is 476 g/mol. The molecule has 0 amide bonds. The second-order valence-corrected chi connectivity index (χ2v) is 9.86. The topological polar surface area (TPSA) is 29.5 Å². The zero-order chi connectivity index (χ0) is 23.2. The van der Waals surface area contributed by atoms with E-state index in [0.717, 1.165) is 28.1 Å². The lowest BCUT2D eigenvalue weighted by atomic mass is 10.00. The monoisotopic (exact) mass is 475 g/mol. The van der Waals surface area contributed by atoms with Crippen LogP contribution in [-0.2, 0) is 0 Å². The van der Waals surface area contributed by atoms with E-state index in [0.29, 0.717) is 0 Å². The zero-order valence-electron chi connectivity index (χ0n) is 21.3. The van der Waals surface area contributed by atoms with Crippen LogP contribution >= 0.6 is 0 Å². The number of hydrogen-bond acceptors (Lipinski definition) is 2. The van der Waals surface area contributed by atoms with Crippen molar-refractivity contribution in [3.63, 3.8) is 0 Å².